The smallest absolute Gasteiger partial charge is 0.0604 e. The van der Waals surface area contributed by atoms with E-state index in [0.717, 1.165) is 0 Å². The maximum atomic E-state index is 10.1. The summed E-state index contributed by atoms with van der Waals surface area (Å²) in [6.07, 6.45) is -3.41. The van der Waals surface area contributed by atoms with E-state index in [1.165, 1.54) is 0 Å². The first-order valence-electron chi connectivity index (χ1n) is 6.29. The minimum Gasteiger partial charge on any atom is -0.393 e. The molecule has 0 heterocycles. The van der Waals surface area contributed by atoms with Crippen molar-refractivity contribution < 1.29 is 10.6 Å². The summed E-state index contributed by atoms with van der Waals surface area (Å²) in [5, 5.41) is 10.1. The molecule has 0 saturated heterocycles. The van der Waals surface area contributed by atoms with Crippen molar-refractivity contribution in [1.29, 1.82) is 0 Å². The van der Waals surface area contributed by atoms with E-state index in [4.69, 9.17) is 5.48 Å². The Morgan fingerprint density at radius 1 is 1.55 bits per heavy atom. The number of aliphatic hydroxyl groups is 1. The second-order valence-electron chi connectivity index (χ2n) is 3.61. The third kappa shape index (κ3) is 2.19. The first-order valence-corrected chi connectivity index (χ1v) is 4.29. The van der Waals surface area contributed by atoms with E-state index in [-0.39, 0.29) is 11.8 Å². The Hall–Kier alpha value is -0.0400. The predicted molar refractivity (Wildman–Crippen MR) is 47.3 cm³/mol. The lowest BCUT2D eigenvalue weighted by Gasteiger charge is -2.33. The largest absolute Gasteiger partial charge is 0.393 e. The third-order valence-corrected chi connectivity index (χ3v) is 2.23. The fraction of sp³-hybridized carbons (Fsp3) is 1.00. The molecule has 1 N–H and O–H groups in total. The van der Waals surface area contributed by atoms with E-state index in [0.29, 0.717) is 12.8 Å². The van der Waals surface area contributed by atoms with Crippen LogP contribution in [0.4, 0.5) is 0 Å². The molecule has 0 bridgehead atoms. The normalized spacial score (nSPS) is 62.8. The molecule has 1 saturated carbocycles. The molecule has 0 spiro atoms. The quantitative estimate of drug-likeness (QED) is 0.624. The van der Waals surface area contributed by atoms with Crippen LogP contribution in [0, 0.1) is 17.7 Å². The van der Waals surface area contributed by atoms with Gasteiger partial charge in [0, 0.05) is 4.11 Å². The van der Waals surface area contributed by atoms with Gasteiger partial charge >= 0.3 is 0 Å². The van der Waals surface area contributed by atoms with Crippen molar-refractivity contribution in [3.8, 4) is 0 Å². The highest BCUT2D eigenvalue weighted by atomic mass is 16.3. The zero-order valence-electron chi connectivity index (χ0n) is 11.5. The van der Waals surface area contributed by atoms with Gasteiger partial charge in [-0.3, -0.25) is 0 Å². The summed E-state index contributed by atoms with van der Waals surface area (Å²) in [6.45, 7) is 5.22. The Morgan fingerprint density at radius 2 is 2.18 bits per heavy atom. The van der Waals surface area contributed by atoms with Crippen LogP contribution in [0.2, 0.25) is 0 Å². The average Bonchev–Trinajstić information content (AvgIpc) is 2.10. The topological polar surface area (TPSA) is 20.2 Å². The van der Waals surface area contributed by atoms with Gasteiger partial charge in [-0.25, -0.2) is 0 Å². The molecular weight excluding hydrogens is 136 g/mol. The summed E-state index contributed by atoms with van der Waals surface area (Å²) in [6, 6.07) is 0. The highest BCUT2D eigenvalue weighted by molar-refractivity contribution is 4.79. The molecular formula is C10H20O. The summed E-state index contributed by atoms with van der Waals surface area (Å²) in [4.78, 5) is 0. The van der Waals surface area contributed by atoms with Gasteiger partial charge in [0.2, 0.25) is 0 Å². The molecule has 66 valence electrons. The fourth-order valence-corrected chi connectivity index (χ4v) is 1.45. The molecule has 0 aliphatic heterocycles. The van der Waals surface area contributed by atoms with Crippen LogP contribution in [0.15, 0.2) is 0 Å². The van der Waals surface area contributed by atoms with Crippen LogP contribution in [0.25, 0.3) is 0 Å². The van der Waals surface area contributed by atoms with Crippen LogP contribution in [0.1, 0.15) is 45.5 Å². The van der Waals surface area contributed by atoms with Gasteiger partial charge in [0.1, 0.15) is 0 Å². The third-order valence-electron chi connectivity index (χ3n) is 2.23. The van der Waals surface area contributed by atoms with Gasteiger partial charge in [-0.15, -0.1) is 0 Å². The summed E-state index contributed by atoms with van der Waals surface area (Å²) < 4.78 is 31.6. The second kappa shape index (κ2) is 3.57. The molecule has 1 rings (SSSR count). The summed E-state index contributed by atoms with van der Waals surface area (Å²) in [5.74, 6) is -2.02. The first kappa shape index (κ1) is 4.86. The molecule has 0 radical (unpaired) electrons. The van der Waals surface area contributed by atoms with Gasteiger partial charge in [0.25, 0.3) is 0 Å². The van der Waals surface area contributed by atoms with Crippen LogP contribution in [0.5, 0.6) is 0 Å². The first-order chi connectivity index (χ1) is 6.57. The number of hydrogen-bond donors (Lipinski definition) is 1. The van der Waals surface area contributed by atoms with Gasteiger partial charge in [0.15, 0.2) is 0 Å². The Labute approximate surface area is 75.4 Å². The van der Waals surface area contributed by atoms with Gasteiger partial charge < -0.3 is 5.11 Å². The van der Waals surface area contributed by atoms with Crippen LogP contribution in [-0.4, -0.2) is 11.2 Å². The molecule has 1 nitrogen and oxygen atoms in total. The van der Waals surface area contributed by atoms with E-state index in [1.807, 2.05) is 0 Å². The van der Waals surface area contributed by atoms with Gasteiger partial charge in [-0.05, 0) is 30.5 Å². The Morgan fingerprint density at radius 3 is 2.73 bits per heavy atom. The molecule has 1 aliphatic carbocycles. The number of rotatable bonds is 1. The molecule has 0 aromatic heterocycles. The molecule has 0 aromatic carbocycles. The maximum absolute atomic E-state index is 10.1. The minimum atomic E-state index is -2.33. The van der Waals surface area contributed by atoms with Crippen molar-refractivity contribution in [3.05, 3.63) is 0 Å². The van der Waals surface area contributed by atoms with E-state index in [1.54, 1.807) is 20.8 Å². The molecule has 1 fully saturated rings. The summed E-state index contributed by atoms with van der Waals surface area (Å²) in [7, 11) is 0. The summed E-state index contributed by atoms with van der Waals surface area (Å²) >= 11 is 0. The van der Waals surface area contributed by atoms with Crippen LogP contribution in [0.3, 0.4) is 0 Å². The Balaban J connectivity index is 3.16. The van der Waals surface area contributed by atoms with Crippen molar-refractivity contribution in [2.24, 2.45) is 17.7 Å². The molecule has 2 unspecified atom stereocenters. The molecule has 0 aromatic rings. The zero-order chi connectivity index (χ0) is 12.1. The molecule has 1 aliphatic rings. The van der Waals surface area contributed by atoms with Crippen molar-refractivity contribution in [3.63, 3.8) is 0 Å². The second-order valence-corrected chi connectivity index (χ2v) is 3.61. The molecule has 0 amide bonds. The number of hydrogen-bond acceptors (Lipinski definition) is 1. The van der Waals surface area contributed by atoms with Crippen LogP contribution < -0.4 is 0 Å². The van der Waals surface area contributed by atoms with Gasteiger partial charge in [-0.2, -0.15) is 0 Å². The lowest BCUT2D eigenvalue weighted by molar-refractivity contribution is 0.0266. The van der Waals surface area contributed by atoms with Crippen LogP contribution >= 0.6 is 0 Å². The van der Waals surface area contributed by atoms with E-state index >= 15 is 0 Å². The zero-order valence-corrected chi connectivity index (χ0v) is 7.52. The lowest BCUT2D eigenvalue weighted by Crippen LogP contribution is -2.31. The van der Waals surface area contributed by atoms with Gasteiger partial charge in [-0.1, -0.05) is 27.2 Å². The highest BCUT2D eigenvalue weighted by Crippen LogP contribution is 2.33. The monoisotopic (exact) mass is 160 g/mol. The molecule has 3 atom stereocenters. The highest BCUT2D eigenvalue weighted by Gasteiger charge is 2.28. The van der Waals surface area contributed by atoms with Crippen molar-refractivity contribution in [1.82, 2.24) is 0 Å². The Bertz CT molecular complexity index is 252. The SMILES string of the molecule is [2H]C1(C(C)C)CC[C@@H](C)C([2H])([2H])C1([2H])O. The minimum absolute atomic E-state index is 0.234. The van der Waals surface area contributed by atoms with Crippen molar-refractivity contribution >= 4 is 0 Å². The van der Waals surface area contributed by atoms with E-state index in [2.05, 4.69) is 0 Å². The average molecular weight is 160 g/mol. The predicted octanol–water partition coefficient (Wildman–Crippen LogP) is 2.44. The fourth-order valence-electron chi connectivity index (χ4n) is 1.45. The maximum Gasteiger partial charge on any atom is 0.0604 e. The van der Waals surface area contributed by atoms with Crippen molar-refractivity contribution in [2.45, 2.75) is 46.1 Å². The van der Waals surface area contributed by atoms with Gasteiger partial charge in [0.05, 0.1) is 7.45 Å². The molecule has 1 heteroatoms. The summed E-state index contributed by atoms with van der Waals surface area (Å²) in [5.41, 5.74) is 0. The van der Waals surface area contributed by atoms with E-state index in [9.17, 15) is 5.11 Å². The van der Waals surface area contributed by atoms with E-state index < -0.39 is 18.3 Å². The Kier molecular flexibility index (Phi) is 1.58. The van der Waals surface area contributed by atoms with Crippen molar-refractivity contribution in [2.75, 3.05) is 0 Å². The standard InChI is InChI=1S/C10H20O/c1-7(2)9-5-4-8(3)6-10(9)11/h7-11H,4-6H2,1-3H3/t8-,9?,10?/m1/s1/i6D2,9D,10D. The van der Waals surface area contributed by atoms with Crippen LogP contribution in [-0.2, 0) is 0 Å². The lowest BCUT2D eigenvalue weighted by atomic mass is 9.75. The molecule has 11 heavy (non-hydrogen) atoms.